The molecule has 1 aliphatic rings. The lowest BCUT2D eigenvalue weighted by molar-refractivity contribution is 0.242. The third kappa shape index (κ3) is 5.05. The highest BCUT2D eigenvalue weighted by Crippen LogP contribution is 2.30. The summed E-state index contributed by atoms with van der Waals surface area (Å²) in [6, 6.07) is 15.0. The molecule has 1 aromatic heterocycles. The molecule has 0 saturated heterocycles. The summed E-state index contributed by atoms with van der Waals surface area (Å²) >= 11 is 0. The third-order valence-corrected chi connectivity index (χ3v) is 8.09. The van der Waals surface area contributed by atoms with Crippen LogP contribution in [-0.4, -0.2) is 35.4 Å². The van der Waals surface area contributed by atoms with Crippen LogP contribution in [0.5, 0.6) is 5.75 Å². The van der Waals surface area contributed by atoms with Gasteiger partial charge < -0.3 is 9.30 Å². The first-order chi connectivity index (χ1) is 15.5. The highest BCUT2D eigenvalue weighted by molar-refractivity contribution is 7.89. The third-order valence-electron chi connectivity index (χ3n) is 6.18. The van der Waals surface area contributed by atoms with Crippen LogP contribution in [0.3, 0.4) is 0 Å². The second kappa shape index (κ2) is 9.88. The minimum atomic E-state index is -3.67. The second-order valence-electron chi connectivity index (χ2n) is 8.48. The number of nitrogens with zero attached hydrogens (tertiary/aromatic N) is 3. The minimum absolute atomic E-state index is 0.0139. The Labute approximate surface area is 190 Å². The summed E-state index contributed by atoms with van der Waals surface area (Å²) in [6.45, 7) is 3.00. The molecule has 2 aromatic carbocycles. The van der Waals surface area contributed by atoms with E-state index in [9.17, 15) is 8.42 Å². The molecule has 0 aliphatic heterocycles. The van der Waals surface area contributed by atoms with Gasteiger partial charge in [-0.2, -0.15) is 4.31 Å². The fourth-order valence-corrected chi connectivity index (χ4v) is 6.08. The van der Waals surface area contributed by atoms with Crippen LogP contribution < -0.4 is 4.74 Å². The summed E-state index contributed by atoms with van der Waals surface area (Å²) in [4.78, 5) is 4.83. The Balaban J connectivity index is 1.64. The van der Waals surface area contributed by atoms with Gasteiger partial charge in [0.05, 0.1) is 18.6 Å². The predicted molar refractivity (Wildman–Crippen MR) is 125 cm³/mol. The zero-order valence-electron chi connectivity index (χ0n) is 18.8. The van der Waals surface area contributed by atoms with E-state index >= 15 is 0 Å². The van der Waals surface area contributed by atoms with E-state index in [1.807, 2.05) is 16.8 Å². The van der Waals surface area contributed by atoms with Crippen molar-refractivity contribution in [1.82, 2.24) is 13.9 Å². The van der Waals surface area contributed by atoms with Crippen LogP contribution in [0.25, 0.3) is 0 Å². The maximum atomic E-state index is 13.7. The van der Waals surface area contributed by atoms with Gasteiger partial charge in [-0.3, -0.25) is 0 Å². The molecule has 0 unspecified atom stereocenters. The standard InChI is InChI=1S/C25H31N3O3S/c1-20-7-6-8-21(17-20)18-27-16-15-26-25(27)19-28(22-9-4-3-5-10-22)32(29,30)24-13-11-23(31-2)12-14-24/h6-8,11-17,22H,3-5,9-10,18-19H2,1-2H3. The first-order valence-corrected chi connectivity index (χ1v) is 12.6. The largest absolute Gasteiger partial charge is 0.497 e. The number of imidazole rings is 1. The molecule has 0 bridgehead atoms. The van der Waals surface area contributed by atoms with E-state index in [0.717, 1.165) is 37.9 Å². The van der Waals surface area contributed by atoms with E-state index < -0.39 is 10.0 Å². The molecule has 0 N–H and O–H groups in total. The van der Waals surface area contributed by atoms with Gasteiger partial charge in [0.15, 0.2) is 0 Å². The Bertz CT molecular complexity index is 1130. The number of hydrogen-bond acceptors (Lipinski definition) is 4. The van der Waals surface area contributed by atoms with Gasteiger partial charge in [0.25, 0.3) is 0 Å². The highest BCUT2D eigenvalue weighted by Gasteiger charge is 2.33. The van der Waals surface area contributed by atoms with Crippen LogP contribution in [0.1, 0.15) is 49.1 Å². The van der Waals surface area contributed by atoms with Crippen LogP contribution in [0.4, 0.5) is 0 Å². The van der Waals surface area contributed by atoms with Gasteiger partial charge in [0, 0.05) is 25.0 Å². The van der Waals surface area contributed by atoms with Crippen LogP contribution in [0, 0.1) is 6.92 Å². The lowest BCUT2D eigenvalue weighted by Crippen LogP contribution is -2.41. The number of benzene rings is 2. The molecule has 0 atom stereocenters. The van der Waals surface area contributed by atoms with Gasteiger partial charge in [0.1, 0.15) is 11.6 Å². The zero-order valence-corrected chi connectivity index (χ0v) is 19.6. The van der Waals surface area contributed by atoms with Crippen molar-refractivity contribution in [1.29, 1.82) is 0 Å². The number of sulfonamides is 1. The van der Waals surface area contributed by atoms with Crippen molar-refractivity contribution < 1.29 is 13.2 Å². The Hall–Kier alpha value is -2.64. The maximum Gasteiger partial charge on any atom is 0.243 e. The number of aryl methyl sites for hydroxylation is 1. The SMILES string of the molecule is COc1ccc(S(=O)(=O)N(Cc2nccn2Cc2cccc(C)c2)C2CCCCC2)cc1. The Kier molecular flexibility index (Phi) is 6.96. The fourth-order valence-electron chi connectivity index (χ4n) is 4.44. The molecular formula is C25H31N3O3S. The van der Waals surface area contributed by atoms with Crippen molar-refractivity contribution in [2.75, 3.05) is 7.11 Å². The number of aromatic nitrogens is 2. The first kappa shape index (κ1) is 22.6. The fraction of sp³-hybridized carbons (Fsp3) is 0.400. The number of hydrogen-bond donors (Lipinski definition) is 0. The van der Waals surface area contributed by atoms with Crippen molar-refractivity contribution in [2.45, 2.75) is 63.1 Å². The minimum Gasteiger partial charge on any atom is -0.497 e. The molecule has 6 nitrogen and oxygen atoms in total. The quantitative estimate of drug-likeness (QED) is 0.493. The summed E-state index contributed by atoms with van der Waals surface area (Å²) in [5, 5.41) is 0. The van der Waals surface area contributed by atoms with E-state index in [1.54, 1.807) is 41.9 Å². The van der Waals surface area contributed by atoms with E-state index in [0.29, 0.717) is 17.2 Å². The van der Waals surface area contributed by atoms with Gasteiger partial charge in [-0.25, -0.2) is 13.4 Å². The van der Waals surface area contributed by atoms with Crippen molar-refractivity contribution in [3.05, 3.63) is 77.9 Å². The van der Waals surface area contributed by atoms with E-state index in [4.69, 9.17) is 4.74 Å². The maximum absolute atomic E-state index is 13.7. The Morgan fingerprint density at radius 2 is 1.84 bits per heavy atom. The van der Waals surface area contributed by atoms with Crippen molar-refractivity contribution in [3.63, 3.8) is 0 Å². The average Bonchev–Trinajstić information content (AvgIpc) is 3.24. The van der Waals surface area contributed by atoms with Crippen LogP contribution in [-0.2, 0) is 23.1 Å². The molecule has 1 heterocycles. The number of methoxy groups -OCH3 is 1. The normalized spacial score (nSPS) is 15.2. The van der Waals surface area contributed by atoms with Crippen molar-refractivity contribution in [2.24, 2.45) is 0 Å². The molecule has 0 radical (unpaired) electrons. The second-order valence-corrected chi connectivity index (χ2v) is 10.4. The molecule has 7 heteroatoms. The highest BCUT2D eigenvalue weighted by atomic mass is 32.2. The molecule has 1 fully saturated rings. The lowest BCUT2D eigenvalue weighted by atomic mass is 9.95. The van der Waals surface area contributed by atoms with Crippen molar-refractivity contribution in [3.8, 4) is 5.75 Å². The molecule has 0 spiro atoms. The molecule has 1 aliphatic carbocycles. The summed E-state index contributed by atoms with van der Waals surface area (Å²) in [5.41, 5.74) is 2.38. The van der Waals surface area contributed by atoms with Crippen LogP contribution in [0.2, 0.25) is 0 Å². The molecule has 4 rings (SSSR count). The van der Waals surface area contributed by atoms with Gasteiger partial charge in [-0.05, 0) is 49.6 Å². The van der Waals surface area contributed by atoms with Gasteiger partial charge >= 0.3 is 0 Å². The van der Waals surface area contributed by atoms with Gasteiger partial charge in [-0.15, -0.1) is 0 Å². The Morgan fingerprint density at radius 3 is 2.53 bits per heavy atom. The van der Waals surface area contributed by atoms with Crippen molar-refractivity contribution >= 4 is 10.0 Å². The van der Waals surface area contributed by atoms with Gasteiger partial charge in [-0.1, -0.05) is 49.1 Å². The zero-order chi connectivity index (χ0) is 22.6. The number of ether oxygens (including phenoxy) is 1. The first-order valence-electron chi connectivity index (χ1n) is 11.2. The molecule has 170 valence electrons. The average molecular weight is 454 g/mol. The molecular weight excluding hydrogens is 422 g/mol. The summed E-state index contributed by atoms with van der Waals surface area (Å²) < 4.78 is 36.4. The summed E-state index contributed by atoms with van der Waals surface area (Å²) in [7, 11) is -2.10. The Morgan fingerprint density at radius 1 is 1.09 bits per heavy atom. The van der Waals surface area contributed by atoms with E-state index in [1.165, 1.54) is 11.1 Å². The topological polar surface area (TPSA) is 64.4 Å². The lowest BCUT2D eigenvalue weighted by Gasteiger charge is -2.33. The molecule has 3 aromatic rings. The van der Waals surface area contributed by atoms with E-state index in [2.05, 4.69) is 30.1 Å². The number of rotatable bonds is 8. The van der Waals surface area contributed by atoms with E-state index in [-0.39, 0.29) is 12.6 Å². The molecule has 0 amide bonds. The van der Waals surface area contributed by atoms with Crippen LogP contribution >= 0.6 is 0 Å². The monoisotopic (exact) mass is 453 g/mol. The smallest absolute Gasteiger partial charge is 0.243 e. The molecule has 1 saturated carbocycles. The summed E-state index contributed by atoms with van der Waals surface area (Å²) in [5.74, 6) is 1.40. The molecule has 32 heavy (non-hydrogen) atoms. The van der Waals surface area contributed by atoms with Crippen LogP contribution in [0.15, 0.2) is 65.8 Å². The summed E-state index contributed by atoms with van der Waals surface area (Å²) in [6.07, 6.45) is 8.71. The van der Waals surface area contributed by atoms with Gasteiger partial charge in [0.2, 0.25) is 10.0 Å². The predicted octanol–water partition coefficient (Wildman–Crippen LogP) is 4.77.